The van der Waals surface area contributed by atoms with Crippen molar-refractivity contribution in [2.75, 3.05) is 13.7 Å². The van der Waals surface area contributed by atoms with Gasteiger partial charge >= 0.3 is 0 Å². The lowest BCUT2D eigenvalue weighted by atomic mass is 10.1. The van der Waals surface area contributed by atoms with E-state index < -0.39 is 0 Å². The maximum absolute atomic E-state index is 8.71. The minimum absolute atomic E-state index is 0.308. The Labute approximate surface area is 170 Å². The molecule has 3 aromatic carbocycles. The maximum Gasteiger partial charge on any atom is 0.134 e. The van der Waals surface area contributed by atoms with Gasteiger partial charge in [0, 0.05) is 5.56 Å². The van der Waals surface area contributed by atoms with Crippen molar-refractivity contribution >= 4 is 5.71 Å². The zero-order chi connectivity index (χ0) is 20.3. The van der Waals surface area contributed by atoms with Crippen LogP contribution in [-0.4, -0.2) is 19.4 Å². The molecule has 0 atom stereocenters. The molecule has 0 aliphatic carbocycles. The van der Waals surface area contributed by atoms with Gasteiger partial charge in [-0.2, -0.15) is 5.26 Å². The third-order valence-electron chi connectivity index (χ3n) is 4.22. The van der Waals surface area contributed by atoms with E-state index in [-0.39, 0.29) is 0 Å². The number of hydrogen-bond donors (Lipinski definition) is 0. The van der Waals surface area contributed by atoms with E-state index in [9.17, 15) is 0 Å². The van der Waals surface area contributed by atoms with E-state index in [0.29, 0.717) is 19.6 Å². The summed E-state index contributed by atoms with van der Waals surface area (Å²) in [5, 5.41) is 12.8. The van der Waals surface area contributed by atoms with Crippen molar-refractivity contribution in [2.24, 2.45) is 5.16 Å². The van der Waals surface area contributed by atoms with Crippen LogP contribution in [0.2, 0.25) is 0 Å². The number of rotatable bonds is 9. The van der Waals surface area contributed by atoms with Crippen LogP contribution < -0.4 is 9.47 Å². The first-order valence-electron chi connectivity index (χ1n) is 9.24. The topological polar surface area (TPSA) is 63.8 Å². The fraction of sp³-hybridized carbons (Fsp3) is 0.167. The Hall–Kier alpha value is -3.78. The Balaban J connectivity index is 1.53. The van der Waals surface area contributed by atoms with Crippen LogP contribution in [0, 0.1) is 11.3 Å². The molecule has 0 aliphatic rings. The van der Waals surface area contributed by atoms with Gasteiger partial charge in [-0.25, -0.2) is 0 Å². The molecule has 3 rings (SSSR count). The Morgan fingerprint density at radius 1 is 0.828 bits per heavy atom. The van der Waals surface area contributed by atoms with Crippen molar-refractivity contribution in [3.63, 3.8) is 0 Å². The minimum Gasteiger partial charge on any atom is -0.489 e. The predicted octanol–water partition coefficient (Wildman–Crippen LogP) is 4.76. The molecule has 0 aromatic heterocycles. The molecule has 0 fully saturated rings. The van der Waals surface area contributed by atoms with Crippen molar-refractivity contribution < 1.29 is 14.3 Å². The molecular formula is C24H22N2O3. The van der Waals surface area contributed by atoms with Gasteiger partial charge in [0.15, 0.2) is 0 Å². The van der Waals surface area contributed by atoms with Crippen molar-refractivity contribution in [3.8, 4) is 17.6 Å². The van der Waals surface area contributed by atoms with Gasteiger partial charge < -0.3 is 14.3 Å². The van der Waals surface area contributed by atoms with Gasteiger partial charge in [-0.1, -0.05) is 59.8 Å². The number of nitrogens with zero attached hydrogens (tertiary/aromatic N) is 2. The van der Waals surface area contributed by atoms with E-state index in [1.54, 1.807) is 0 Å². The van der Waals surface area contributed by atoms with Gasteiger partial charge in [0.05, 0.1) is 12.5 Å². The van der Waals surface area contributed by atoms with E-state index in [2.05, 4.69) is 11.2 Å². The van der Waals surface area contributed by atoms with Gasteiger partial charge in [0.2, 0.25) is 0 Å². The number of benzene rings is 3. The Morgan fingerprint density at radius 2 is 1.45 bits per heavy atom. The Morgan fingerprint density at radius 3 is 2.07 bits per heavy atom. The molecule has 0 unspecified atom stereocenters. The normalized spacial score (nSPS) is 10.8. The van der Waals surface area contributed by atoms with E-state index >= 15 is 0 Å². The van der Waals surface area contributed by atoms with Crippen LogP contribution in [-0.2, 0) is 17.9 Å². The quantitative estimate of drug-likeness (QED) is 0.393. The fourth-order valence-corrected chi connectivity index (χ4v) is 2.70. The second-order valence-corrected chi connectivity index (χ2v) is 6.29. The predicted molar refractivity (Wildman–Crippen MR) is 112 cm³/mol. The van der Waals surface area contributed by atoms with Gasteiger partial charge in [-0.3, -0.25) is 0 Å². The summed E-state index contributed by atoms with van der Waals surface area (Å²) in [6.45, 7) is 0.765. The maximum atomic E-state index is 8.71. The van der Waals surface area contributed by atoms with Crippen molar-refractivity contribution in [3.05, 3.63) is 95.6 Å². The minimum atomic E-state index is 0.308. The molecule has 5 heteroatoms. The summed E-state index contributed by atoms with van der Waals surface area (Å²) in [6, 6.07) is 27.2. The van der Waals surface area contributed by atoms with Crippen LogP contribution in [0.25, 0.3) is 0 Å². The lowest BCUT2D eigenvalue weighted by molar-refractivity contribution is 0.210. The average Bonchev–Trinajstić information content (AvgIpc) is 2.78. The largest absolute Gasteiger partial charge is 0.489 e. The zero-order valence-electron chi connectivity index (χ0n) is 16.2. The highest BCUT2D eigenvalue weighted by atomic mass is 16.6. The fourth-order valence-electron chi connectivity index (χ4n) is 2.70. The van der Waals surface area contributed by atoms with Crippen LogP contribution in [0.15, 0.2) is 84.0 Å². The van der Waals surface area contributed by atoms with Crippen LogP contribution in [0.1, 0.15) is 16.7 Å². The summed E-state index contributed by atoms with van der Waals surface area (Å²) in [7, 11) is 1.52. The molecule has 0 saturated carbocycles. The SMILES string of the molecule is CO/N=C(/COc1ccc(COc2ccc(CC#N)cc2)cc1)c1ccccc1. The number of nitriles is 1. The molecule has 5 nitrogen and oxygen atoms in total. The summed E-state index contributed by atoms with van der Waals surface area (Å²) in [5.74, 6) is 1.52. The molecule has 0 radical (unpaired) electrons. The first-order valence-corrected chi connectivity index (χ1v) is 9.24. The number of ether oxygens (including phenoxy) is 2. The van der Waals surface area contributed by atoms with Crippen molar-refractivity contribution in [1.82, 2.24) is 0 Å². The van der Waals surface area contributed by atoms with Gasteiger partial charge in [0.25, 0.3) is 0 Å². The summed E-state index contributed by atoms with van der Waals surface area (Å²) in [6.07, 6.45) is 0.406. The first kappa shape index (κ1) is 20.0. The molecule has 3 aromatic rings. The molecule has 0 saturated heterocycles. The van der Waals surface area contributed by atoms with Crippen molar-refractivity contribution in [1.29, 1.82) is 5.26 Å². The highest BCUT2D eigenvalue weighted by Crippen LogP contribution is 2.17. The molecule has 0 N–H and O–H groups in total. The summed E-state index contributed by atoms with van der Waals surface area (Å²) in [4.78, 5) is 4.94. The first-order chi connectivity index (χ1) is 14.3. The van der Waals surface area contributed by atoms with Crippen LogP contribution >= 0.6 is 0 Å². The molecule has 0 amide bonds. The Kier molecular flexibility index (Phi) is 7.25. The standard InChI is InChI=1S/C24H22N2O3/c1-27-26-24(21-5-3-2-4-6-21)18-29-23-13-9-20(10-14-23)17-28-22-11-7-19(8-12-22)15-16-25/h2-14H,15,17-18H2,1H3/b26-24-. The van der Waals surface area contributed by atoms with E-state index in [0.717, 1.165) is 33.9 Å². The number of oxime groups is 1. The molecule has 146 valence electrons. The van der Waals surface area contributed by atoms with E-state index in [4.69, 9.17) is 19.6 Å². The highest BCUT2D eigenvalue weighted by molar-refractivity contribution is 6.01. The molecule has 0 spiro atoms. The second kappa shape index (κ2) is 10.5. The smallest absolute Gasteiger partial charge is 0.134 e. The monoisotopic (exact) mass is 386 g/mol. The van der Waals surface area contributed by atoms with Gasteiger partial charge in [-0.15, -0.1) is 0 Å². The summed E-state index contributed by atoms with van der Waals surface area (Å²) in [5.41, 5.74) is 3.70. The lowest BCUT2D eigenvalue weighted by Gasteiger charge is -2.10. The molecule has 29 heavy (non-hydrogen) atoms. The highest BCUT2D eigenvalue weighted by Gasteiger charge is 2.06. The third kappa shape index (κ3) is 6.12. The lowest BCUT2D eigenvalue weighted by Crippen LogP contribution is -2.13. The van der Waals surface area contributed by atoms with Crippen LogP contribution in [0.4, 0.5) is 0 Å². The van der Waals surface area contributed by atoms with E-state index in [1.807, 2.05) is 78.9 Å². The van der Waals surface area contributed by atoms with Gasteiger partial charge in [0.1, 0.15) is 37.5 Å². The van der Waals surface area contributed by atoms with E-state index in [1.165, 1.54) is 7.11 Å². The molecule has 0 heterocycles. The molecular weight excluding hydrogens is 364 g/mol. The van der Waals surface area contributed by atoms with Crippen molar-refractivity contribution in [2.45, 2.75) is 13.0 Å². The van der Waals surface area contributed by atoms with Crippen LogP contribution in [0.3, 0.4) is 0 Å². The van der Waals surface area contributed by atoms with Crippen LogP contribution in [0.5, 0.6) is 11.5 Å². The molecule has 0 bridgehead atoms. The van der Waals surface area contributed by atoms with Gasteiger partial charge in [-0.05, 0) is 35.4 Å². The summed E-state index contributed by atoms with van der Waals surface area (Å²) < 4.78 is 11.6. The summed E-state index contributed by atoms with van der Waals surface area (Å²) >= 11 is 0. The number of hydrogen-bond acceptors (Lipinski definition) is 5. The Bertz CT molecular complexity index is 960. The zero-order valence-corrected chi connectivity index (χ0v) is 16.2. The molecule has 0 aliphatic heterocycles. The third-order valence-corrected chi connectivity index (χ3v) is 4.22. The second-order valence-electron chi connectivity index (χ2n) is 6.29. The average molecular weight is 386 g/mol.